The van der Waals surface area contributed by atoms with Gasteiger partial charge in [-0.25, -0.2) is 0 Å². The molecule has 1 aliphatic heterocycles. The predicted octanol–water partition coefficient (Wildman–Crippen LogP) is 7.19. The molecular weight excluding hydrogens is 332 g/mol. The zero-order chi connectivity index (χ0) is 18.9. The Bertz CT molecular complexity index is 508. The second-order valence-corrected chi connectivity index (χ2v) is 8.77. The summed E-state index contributed by atoms with van der Waals surface area (Å²) in [5, 5.41) is 0. The van der Waals surface area contributed by atoms with Crippen LogP contribution in [-0.4, -0.2) is 19.3 Å². The number of rotatable bonds is 9. The lowest BCUT2D eigenvalue weighted by molar-refractivity contribution is -0.135. The SMILES string of the molecule is CCCCCCC[C@H]1CC[C@H](c2ccc([C@@H]3CO[C@@H](CC)CO3)cc2)CC1. The first-order valence-electron chi connectivity index (χ1n) is 11.6. The molecule has 1 aromatic rings. The molecule has 1 aromatic carbocycles. The molecule has 2 nitrogen and oxygen atoms in total. The number of unbranched alkanes of at least 4 members (excludes halogenated alkanes) is 4. The maximum atomic E-state index is 6.00. The predicted molar refractivity (Wildman–Crippen MR) is 113 cm³/mol. The molecule has 0 spiro atoms. The lowest BCUT2D eigenvalue weighted by Crippen LogP contribution is -2.30. The van der Waals surface area contributed by atoms with Gasteiger partial charge in [0.1, 0.15) is 6.10 Å². The summed E-state index contributed by atoms with van der Waals surface area (Å²) in [5.74, 6) is 1.75. The minimum Gasteiger partial charge on any atom is -0.373 e. The van der Waals surface area contributed by atoms with E-state index in [1.807, 2.05) is 0 Å². The summed E-state index contributed by atoms with van der Waals surface area (Å²) in [7, 11) is 0. The van der Waals surface area contributed by atoms with Crippen LogP contribution in [0.2, 0.25) is 0 Å². The first-order valence-corrected chi connectivity index (χ1v) is 11.6. The van der Waals surface area contributed by atoms with E-state index in [0.717, 1.165) is 24.9 Å². The lowest BCUT2D eigenvalue weighted by atomic mass is 9.77. The maximum Gasteiger partial charge on any atom is 0.106 e. The molecule has 0 N–H and O–H groups in total. The van der Waals surface area contributed by atoms with E-state index in [1.165, 1.54) is 75.3 Å². The summed E-state index contributed by atoms with van der Waals surface area (Å²) < 4.78 is 11.9. The third kappa shape index (κ3) is 6.32. The Morgan fingerprint density at radius 1 is 0.778 bits per heavy atom. The van der Waals surface area contributed by atoms with Crippen LogP contribution in [0.3, 0.4) is 0 Å². The zero-order valence-corrected chi connectivity index (χ0v) is 17.6. The molecule has 27 heavy (non-hydrogen) atoms. The van der Waals surface area contributed by atoms with Crippen molar-refractivity contribution in [2.45, 2.75) is 103 Å². The standard InChI is InChI=1S/C25H40O2/c1-3-5-6-7-8-9-20-10-12-21(13-11-20)22-14-16-23(17-15-22)25-19-26-24(4-2)18-27-25/h14-17,20-21,24-25H,3-13,18-19H2,1-2H3/t20-,21-,24-,25-/m0/s1. The molecule has 2 fully saturated rings. The fourth-order valence-electron chi connectivity index (χ4n) is 4.78. The lowest BCUT2D eigenvalue weighted by Gasteiger charge is -2.30. The van der Waals surface area contributed by atoms with E-state index < -0.39 is 0 Å². The summed E-state index contributed by atoms with van der Waals surface area (Å²) in [6, 6.07) is 9.24. The van der Waals surface area contributed by atoms with Crippen LogP contribution in [0, 0.1) is 5.92 Å². The first kappa shape index (κ1) is 20.9. The van der Waals surface area contributed by atoms with Gasteiger partial charge in [0.25, 0.3) is 0 Å². The van der Waals surface area contributed by atoms with Crippen LogP contribution in [0.1, 0.15) is 108 Å². The molecule has 0 amide bonds. The van der Waals surface area contributed by atoms with Crippen LogP contribution in [0.25, 0.3) is 0 Å². The van der Waals surface area contributed by atoms with Gasteiger partial charge in [0.15, 0.2) is 0 Å². The Morgan fingerprint density at radius 3 is 2.11 bits per heavy atom. The molecule has 1 aliphatic carbocycles. The second kappa shape index (κ2) is 11.2. The third-order valence-corrected chi connectivity index (χ3v) is 6.76. The van der Waals surface area contributed by atoms with Gasteiger partial charge in [0.05, 0.1) is 19.3 Å². The largest absolute Gasteiger partial charge is 0.373 e. The van der Waals surface area contributed by atoms with Crippen molar-refractivity contribution in [2.24, 2.45) is 5.92 Å². The highest BCUT2D eigenvalue weighted by Crippen LogP contribution is 2.38. The Kier molecular flexibility index (Phi) is 8.67. The van der Waals surface area contributed by atoms with Gasteiger partial charge in [-0.1, -0.05) is 76.6 Å². The summed E-state index contributed by atoms with van der Waals surface area (Å²) >= 11 is 0. The fraction of sp³-hybridized carbons (Fsp3) is 0.760. The third-order valence-electron chi connectivity index (χ3n) is 6.76. The Balaban J connectivity index is 1.40. The Hall–Kier alpha value is -0.860. The van der Waals surface area contributed by atoms with Crippen molar-refractivity contribution in [1.29, 1.82) is 0 Å². The molecule has 2 aliphatic rings. The molecular formula is C25H40O2. The number of hydrogen-bond acceptors (Lipinski definition) is 2. The van der Waals surface area contributed by atoms with Crippen LogP contribution < -0.4 is 0 Å². The topological polar surface area (TPSA) is 18.5 Å². The second-order valence-electron chi connectivity index (χ2n) is 8.77. The van der Waals surface area contributed by atoms with Crippen LogP contribution in [0.4, 0.5) is 0 Å². The molecule has 2 heteroatoms. The molecule has 3 rings (SSSR count). The molecule has 1 saturated heterocycles. The van der Waals surface area contributed by atoms with Gasteiger partial charge < -0.3 is 9.47 Å². The van der Waals surface area contributed by atoms with Gasteiger partial charge in [-0.3, -0.25) is 0 Å². The molecule has 0 bridgehead atoms. The van der Waals surface area contributed by atoms with E-state index in [4.69, 9.17) is 9.47 Å². The quantitative estimate of drug-likeness (QED) is 0.427. The molecule has 0 radical (unpaired) electrons. The Morgan fingerprint density at radius 2 is 1.48 bits per heavy atom. The van der Waals surface area contributed by atoms with Gasteiger partial charge in [-0.2, -0.15) is 0 Å². The molecule has 2 atom stereocenters. The summed E-state index contributed by atoms with van der Waals surface area (Å²) in [4.78, 5) is 0. The van der Waals surface area contributed by atoms with Crippen LogP contribution in [0.15, 0.2) is 24.3 Å². The average Bonchev–Trinajstić information content (AvgIpc) is 2.74. The molecule has 152 valence electrons. The number of ether oxygens (including phenoxy) is 2. The molecule has 0 aromatic heterocycles. The highest BCUT2D eigenvalue weighted by molar-refractivity contribution is 5.27. The van der Waals surface area contributed by atoms with Gasteiger partial charge >= 0.3 is 0 Å². The smallest absolute Gasteiger partial charge is 0.106 e. The van der Waals surface area contributed by atoms with Crippen molar-refractivity contribution in [2.75, 3.05) is 13.2 Å². The Labute approximate surface area is 167 Å². The van der Waals surface area contributed by atoms with Crippen LogP contribution in [-0.2, 0) is 9.47 Å². The van der Waals surface area contributed by atoms with E-state index in [0.29, 0.717) is 6.61 Å². The van der Waals surface area contributed by atoms with Crippen molar-refractivity contribution in [3.05, 3.63) is 35.4 Å². The van der Waals surface area contributed by atoms with Crippen LogP contribution in [0.5, 0.6) is 0 Å². The molecule has 0 unspecified atom stereocenters. The maximum absolute atomic E-state index is 6.00. The van der Waals surface area contributed by atoms with Crippen molar-refractivity contribution in [3.63, 3.8) is 0 Å². The fourth-order valence-corrected chi connectivity index (χ4v) is 4.78. The monoisotopic (exact) mass is 372 g/mol. The normalized spacial score (nSPS) is 29.0. The van der Waals surface area contributed by atoms with Crippen molar-refractivity contribution < 1.29 is 9.47 Å². The number of benzene rings is 1. The van der Waals surface area contributed by atoms with Crippen LogP contribution >= 0.6 is 0 Å². The van der Waals surface area contributed by atoms with E-state index in [1.54, 1.807) is 0 Å². The van der Waals surface area contributed by atoms with Gasteiger partial charge in [0, 0.05) is 0 Å². The van der Waals surface area contributed by atoms with E-state index in [-0.39, 0.29) is 12.2 Å². The van der Waals surface area contributed by atoms with Gasteiger partial charge in [0.2, 0.25) is 0 Å². The molecule has 1 saturated carbocycles. The van der Waals surface area contributed by atoms with Gasteiger partial charge in [-0.05, 0) is 55.1 Å². The van der Waals surface area contributed by atoms with E-state index in [9.17, 15) is 0 Å². The summed E-state index contributed by atoms with van der Waals surface area (Å²) in [6.07, 6.45) is 15.6. The zero-order valence-electron chi connectivity index (χ0n) is 17.6. The highest BCUT2D eigenvalue weighted by atomic mass is 16.6. The summed E-state index contributed by atoms with van der Waals surface area (Å²) in [6.45, 7) is 5.88. The number of hydrogen-bond donors (Lipinski definition) is 0. The minimum atomic E-state index is 0.116. The highest BCUT2D eigenvalue weighted by Gasteiger charge is 2.24. The van der Waals surface area contributed by atoms with Crippen molar-refractivity contribution in [1.82, 2.24) is 0 Å². The van der Waals surface area contributed by atoms with Gasteiger partial charge in [-0.15, -0.1) is 0 Å². The van der Waals surface area contributed by atoms with Crippen molar-refractivity contribution >= 4 is 0 Å². The van der Waals surface area contributed by atoms with Crippen molar-refractivity contribution in [3.8, 4) is 0 Å². The first-order chi connectivity index (χ1) is 13.3. The molecule has 1 heterocycles. The minimum absolute atomic E-state index is 0.116. The van der Waals surface area contributed by atoms with E-state index >= 15 is 0 Å². The van der Waals surface area contributed by atoms with E-state index in [2.05, 4.69) is 38.1 Å². The average molecular weight is 373 g/mol. The summed E-state index contributed by atoms with van der Waals surface area (Å²) in [5.41, 5.74) is 2.80.